The first-order valence-corrected chi connectivity index (χ1v) is 6.51. The molecule has 0 atom stereocenters. The van der Waals surface area contributed by atoms with Gasteiger partial charge in [-0.1, -0.05) is 19.4 Å². The quantitative estimate of drug-likeness (QED) is 0.316. The van der Waals surface area contributed by atoms with Crippen molar-refractivity contribution >= 4 is 5.97 Å². The van der Waals surface area contributed by atoms with Gasteiger partial charge in [-0.3, -0.25) is 0 Å². The maximum Gasteiger partial charge on any atom is 0.426 e. The summed E-state index contributed by atoms with van der Waals surface area (Å²) in [7, 11) is 0. The first kappa shape index (κ1) is 20.8. The van der Waals surface area contributed by atoms with Gasteiger partial charge in [0, 0.05) is 5.57 Å². The number of unbranched alkanes of at least 4 members (excludes halogenated alkanes) is 3. The highest BCUT2D eigenvalue weighted by atomic mass is 19.4. The number of carbonyl (C=O) groups is 1. The molecule has 9 heteroatoms. The predicted molar refractivity (Wildman–Crippen MR) is 65.9 cm³/mol. The normalized spacial score (nSPS) is 13.1. The molecule has 0 radical (unpaired) electrons. The van der Waals surface area contributed by atoms with Crippen molar-refractivity contribution in [1.29, 1.82) is 0 Å². The molecule has 0 saturated heterocycles. The molecule has 0 aromatic rings. The summed E-state index contributed by atoms with van der Waals surface area (Å²) in [5.41, 5.74) is -4.49. The summed E-state index contributed by atoms with van der Waals surface area (Å²) >= 11 is 0. The van der Waals surface area contributed by atoms with Crippen LogP contribution < -0.4 is 0 Å². The molecule has 0 aliphatic rings. The summed E-state index contributed by atoms with van der Waals surface area (Å²) in [6.07, 6.45) is -12.8. The largest absolute Gasteiger partial charge is 0.462 e. The average Bonchev–Trinajstić information content (AvgIpc) is 2.34. The van der Waals surface area contributed by atoms with Crippen LogP contribution in [0, 0.1) is 0 Å². The number of rotatable bonds is 8. The van der Waals surface area contributed by atoms with Crippen LogP contribution in [0.25, 0.3) is 0 Å². The molecule has 22 heavy (non-hydrogen) atoms. The van der Waals surface area contributed by atoms with Crippen LogP contribution in [0.5, 0.6) is 0 Å². The van der Waals surface area contributed by atoms with Crippen molar-refractivity contribution in [3.05, 3.63) is 12.2 Å². The predicted octanol–water partition coefficient (Wildman–Crippen LogP) is 3.91. The van der Waals surface area contributed by atoms with Gasteiger partial charge in [0.05, 0.1) is 6.61 Å². The van der Waals surface area contributed by atoms with Crippen LogP contribution in [-0.2, 0) is 9.53 Å². The van der Waals surface area contributed by atoms with Crippen LogP contribution in [0.15, 0.2) is 12.2 Å². The minimum absolute atomic E-state index is 0.00844. The fraction of sp³-hybridized carbons (Fsp3) is 0.769. The zero-order valence-corrected chi connectivity index (χ0v) is 12.0. The number of halogens is 6. The summed E-state index contributed by atoms with van der Waals surface area (Å²) in [5, 5.41) is 8.89. The molecule has 130 valence electrons. The Morgan fingerprint density at radius 2 is 1.45 bits per heavy atom. The molecule has 0 unspecified atom stereocenters. The first-order chi connectivity index (χ1) is 9.83. The number of hydrogen-bond acceptors (Lipinski definition) is 3. The fourth-order valence-corrected chi connectivity index (χ4v) is 1.57. The molecule has 0 rings (SSSR count). The van der Waals surface area contributed by atoms with E-state index in [-0.39, 0.29) is 25.0 Å². The lowest BCUT2D eigenvalue weighted by molar-refractivity contribution is -0.370. The van der Waals surface area contributed by atoms with E-state index in [0.717, 1.165) is 0 Å². The number of ether oxygens (including phenoxy) is 1. The van der Waals surface area contributed by atoms with E-state index in [0.29, 0.717) is 6.42 Å². The number of hydrogen-bond donors (Lipinski definition) is 1. The molecule has 0 aromatic carbocycles. The van der Waals surface area contributed by atoms with Crippen LogP contribution in [-0.4, -0.2) is 35.6 Å². The van der Waals surface area contributed by atoms with Gasteiger partial charge in [-0.25, -0.2) is 4.79 Å². The zero-order valence-electron chi connectivity index (χ0n) is 12.0. The van der Waals surface area contributed by atoms with E-state index in [1.54, 1.807) is 0 Å². The Morgan fingerprint density at radius 3 is 1.86 bits per heavy atom. The second-order valence-electron chi connectivity index (χ2n) is 4.94. The van der Waals surface area contributed by atoms with Crippen LogP contribution in [0.1, 0.15) is 39.0 Å². The lowest BCUT2D eigenvalue weighted by Gasteiger charge is -2.32. The molecule has 0 heterocycles. The van der Waals surface area contributed by atoms with E-state index in [4.69, 9.17) is 9.84 Å². The van der Waals surface area contributed by atoms with Crippen molar-refractivity contribution in [3.8, 4) is 0 Å². The zero-order chi connectivity index (χ0) is 17.6. The molecule has 0 spiro atoms. The van der Waals surface area contributed by atoms with Gasteiger partial charge in [-0.2, -0.15) is 26.3 Å². The van der Waals surface area contributed by atoms with Crippen molar-refractivity contribution in [2.75, 3.05) is 6.61 Å². The van der Waals surface area contributed by atoms with Crippen molar-refractivity contribution < 1.29 is 41.0 Å². The van der Waals surface area contributed by atoms with Crippen LogP contribution in [0.3, 0.4) is 0 Å². The third-order valence-corrected chi connectivity index (χ3v) is 2.95. The molecule has 0 amide bonds. The second kappa shape index (κ2) is 7.85. The van der Waals surface area contributed by atoms with E-state index >= 15 is 0 Å². The van der Waals surface area contributed by atoms with Gasteiger partial charge in [-0.05, 0) is 26.2 Å². The van der Waals surface area contributed by atoms with E-state index < -0.39 is 36.8 Å². The third-order valence-electron chi connectivity index (χ3n) is 2.95. The highest BCUT2D eigenvalue weighted by Gasteiger charge is 2.69. The van der Waals surface area contributed by atoms with Gasteiger partial charge in [0.25, 0.3) is 5.60 Å². The van der Waals surface area contributed by atoms with Crippen molar-refractivity contribution in [2.45, 2.75) is 57.0 Å². The Morgan fingerprint density at radius 1 is 1.00 bits per heavy atom. The van der Waals surface area contributed by atoms with Gasteiger partial charge in [0.2, 0.25) is 0 Å². The molecule has 0 aliphatic carbocycles. The van der Waals surface area contributed by atoms with E-state index in [1.807, 2.05) is 0 Å². The Kier molecular flexibility index (Phi) is 7.40. The molecular formula is C13H18F6O3. The number of carbonyl (C=O) groups excluding carboxylic acids is 1. The summed E-state index contributed by atoms with van der Waals surface area (Å²) in [5.74, 6) is -0.608. The lowest BCUT2D eigenvalue weighted by Crippen LogP contribution is -2.56. The number of esters is 1. The van der Waals surface area contributed by atoms with Crippen LogP contribution >= 0.6 is 0 Å². The minimum atomic E-state index is -5.78. The Bertz CT molecular complexity index is 372. The molecule has 0 bridgehead atoms. The monoisotopic (exact) mass is 336 g/mol. The Balaban J connectivity index is 4.13. The maximum atomic E-state index is 12.4. The van der Waals surface area contributed by atoms with Gasteiger partial charge in [0.1, 0.15) is 0 Å². The smallest absolute Gasteiger partial charge is 0.426 e. The van der Waals surface area contributed by atoms with Crippen LogP contribution in [0.2, 0.25) is 0 Å². The van der Waals surface area contributed by atoms with Gasteiger partial charge in [0.15, 0.2) is 0 Å². The van der Waals surface area contributed by atoms with E-state index in [9.17, 15) is 31.1 Å². The van der Waals surface area contributed by atoms with Crippen molar-refractivity contribution in [2.24, 2.45) is 0 Å². The second-order valence-corrected chi connectivity index (χ2v) is 4.94. The molecule has 1 N–H and O–H groups in total. The van der Waals surface area contributed by atoms with E-state index in [2.05, 4.69) is 6.58 Å². The van der Waals surface area contributed by atoms with Crippen molar-refractivity contribution in [1.82, 2.24) is 0 Å². The Labute approximate surface area is 123 Å². The van der Waals surface area contributed by atoms with Gasteiger partial charge < -0.3 is 9.84 Å². The summed E-state index contributed by atoms with van der Waals surface area (Å²) in [6.45, 7) is 4.79. The topological polar surface area (TPSA) is 46.5 Å². The lowest BCUT2D eigenvalue weighted by atomic mass is 9.94. The number of alkyl halides is 6. The molecule has 3 nitrogen and oxygen atoms in total. The van der Waals surface area contributed by atoms with Gasteiger partial charge in [-0.15, -0.1) is 0 Å². The summed E-state index contributed by atoms with van der Waals surface area (Å²) in [4.78, 5) is 11.0. The third kappa shape index (κ3) is 5.86. The maximum absolute atomic E-state index is 12.4. The summed E-state index contributed by atoms with van der Waals surface area (Å²) < 4.78 is 78.9. The van der Waals surface area contributed by atoms with Crippen LogP contribution in [0.4, 0.5) is 26.3 Å². The molecular weight excluding hydrogens is 318 g/mol. The standard InChI is InChI=1S/C13H18F6O3/c1-9(2)10(20)22-8-6-4-3-5-7-11(21,12(14,15)16)13(17,18)19/h21H,1,3-8H2,2H3. The van der Waals surface area contributed by atoms with Gasteiger partial charge >= 0.3 is 18.3 Å². The summed E-state index contributed by atoms with van der Waals surface area (Å²) in [6, 6.07) is 0. The SMILES string of the molecule is C=C(C)C(=O)OCCCCCCC(O)(C(F)(F)F)C(F)(F)F. The average molecular weight is 336 g/mol. The molecule has 0 saturated carbocycles. The minimum Gasteiger partial charge on any atom is -0.462 e. The van der Waals surface area contributed by atoms with E-state index in [1.165, 1.54) is 6.92 Å². The highest BCUT2D eigenvalue weighted by Crippen LogP contribution is 2.46. The molecule has 0 aromatic heterocycles. The van der Waals surface area contributed by atoms with Crippen molar-refractivity contribution in [3.63, 3.8) is 0 Å². The Hall–Kier alpha value is -1.25. The first-order valence-electron chi connectivity index (χ1n) is 6.51. The fourth-order valence-electron chi connectivity index (χ4n) is 1.57. The highest BCUT2D eigenvalue weighted by molar-refractivity contribution is 5.86. The molecule has 0 fully saturated rings. The number of aliphatic hydroxyl groups is 1. The molecule has 0 aliphatic heterocycles.